The Morgan fingerprint density at radius 3 is 2.71 bits per heavy atom. The molecular weight excluding hydrogens is 214 g/mol. The van der Waals surface area contributed by atoms with Crippen LogP contribution in [0.15, 0.2) is 0 Å². The molecule has 0 bridgehead atoms. The van der Waals surface area contributed by atoms with Crippen LogP contribution in [-0.2, 0) is 4.74 Å². The molecule has 1 fully saturated rings. The molecule has 1 amide bonds. The van der Waals surface area contributed by atoms with Gasteiger partial charge in [-0.2, -0.15) is 0 Å². The van der Waals surface area contributed by atoms with E-state index in [9.17, 15) is 4.79 Å². The van der Waals surface area contributed by atoms with Gasteiger partial charge in [0.1, 0.15) is 6.10 Å². The number of nitrogens with one attached hydrogen (secondary N) is 1. The summed E-state index contributed by atoms with van der Waals surface area (Å²) in [6.45, 7) is 9.59. The van der Waals surface area contributed by atoms with E-state index < -0.39 is 0 Å². The van der Waals surface area contributed by atoms with Gasteiger partial charge in [0.05, 0.1) is 0 Å². The van der Waals surface area contributed by atoms with Crippen molar-refractivity contribution in [2.45, 2.75) is 65.9 Å². The van der Waals surface area contributed by atoms with Gasteiger partial charge in [-0.05, 0) is 37.0 Å². The van der Waals surface area contributed by atoms with Crippen LogP contribution in [-0.4, -0.2) is 18.7 Å². The molecule has 0 aromatic rings. The molecule has 0 radical (unpaired) electrons. The predicted molar refractivity (Wildman–Crippen MR) is 70.0 cm³/mol. The molecule has 1 N–H and O–H groups in total. The number of hydrogen-bond acceptors (Lipinski definition) is 2. The molecule has 0 heterocycles. The first kappa shape index (κ1) is 14.3. The van der Waals surface area contributed by atoms with Gasteiger partial charge in [-0.1, -0.05) is 34.1 Å². The Morgan fingerprint density at radius 1 is 1.41 bits per heavy atom. The van der Waals surface area contributed by atoms with Crippen LogP contribution in [0.2, 0.25) is 0 Å². The van der Waals surface area contributed by atoms with Gasteiger partial charge in [-0.15, -0.1) is 0 Å². The van der Waals surface area contributed by atoms with Crippen molar-refractivity contribution in [1.29, 1.82) is 0 Å². The number of carbonyl (C=O) groups excluding carboxylic acids is 1. The lowest BCUT2D eigenvalue weighted by Crippen LogP contribution is -2.37. The van der Waals surface area contributed by atoms with Gasteiger partial charge in [-0.25, -0.2) is 4.79 Å². The van der Waals surface area contributed by atoms with Crippen molar-refractivity contribution in [2.24, 2.45) is 11.3 Å². The number of rotatable bonds is 4. The zero-order valence-electron chi connectivity index (χ0n) is 11.7. The molecule has 0 aromatic heterocycles. The average molecular weight is 241 g/mol. The van der Waals surface area contributed by atoms with E-state index in [-0.39, 0.29) is 12.2 Å². The first-order chi connectivity index (χ1) is 7.93. The molecule has 0 aromatic carbocycles. The molecule has 1 aliphatic carbocycles. The van der Waals surface area contributed by atoms with Crippen LogP contribution in [0.5, 0.6) is 0 Å². The monoisotopic (exact) mass is 241 g/mol. The zero-order chi connectivity index (χ0) is 12.9. The minimum absolute atomic E-state index is 0.0929. The lowest BCUT2D eigenvalue weighted by atomic mass is 9.71. The van der Waals surface area contributed by atoms with Gasteiger partial charge in [0.2, 0.25) is 0 Å². The highest BCUT2D eigenvalue weighted by atomic mass is 16.6. The van der Waals surface area contributed by atoms with E-state index in [1.54, 1.807) is 0 Å². The van der Waals surface area contributed by atoms with Crippen LogP contribution in [0.1, 0.15) is 59.8 Å². The summed E-state index contributed by atoms with van der Waals surface area (Å²) in [6, 6.07) is 0. The third-order valence-corrected chi connectivity index (χ3v) is 3.42. The molecule has 0 unspecified atom stereocenters. The third kappa shape index (κ3) is 5.42. The van der Waals surface area contributed by atoms with E-state index in [0.29, 0.717) is 11.3 Å². The fourth-order valence-electron chi connectivity index (χ4n) is 2.91. The molecule has 0 aliphatic heterocycles. The Kier molecular flexibility index (Phi) is 5.29. The first-order valence-electron chi connectivity index (χ1n) is 6.87. The van der Waals surface area contributed by atoms with E-state index in [1.165, 1.54) is 6.42 Å². The topological polar surface area (TPSA) is 38.3 Å². The summed E-state index contributed by atoms with van der Waals surface area (Å²) in [4.78, 5) is 11.6. The van der Waals surface area contributed by atoms with Gasteiger partial charge >= 0.3 is 6.09 Å². The third-order valence-electron chi connectivity index (χ3n) is 3.42. The molecule has 3 nitrogen and oxygen atoms in total. The van der Waals surface area contributed by atoms with E-state index in [4.69, 9.17) is 4.74 Å². The molecule has 1 saturated carbocycles. The molecule has 1 aliphatic rings. The maximum absolute atomic E-state index is 11.6. The van der Waals surface area contributed by atoms with Crippen molar-refractivity contribution >= 4 is 6.09 Å². The number of unbranched alkanes of at least 4 members (excludes halogenated alkanes) is 1. The summed E-state index contributed by atoms with van der Waals surface area (Å²) in [7, 11) is 0. The zero-order valence-corrected chi connectivity index (χ0v) is 11.7. The highest BCUT2D eigenvalue weighted by Crippen LogP contribution is 2.39. The molecular formula is C14H27NO2. The SMILES string of the molecule is CCCCNC(=O)O[C@@H]1C[C@@H](C)CC(C)(C)C1. The van der Waals surface area contributed by atoms with Crippen LogP contribution >= 0.6 is 0 Å². The van der Waals surface area contributed by atoms with Gasteiger partial charge in [0.25, 0.3) is 0 Å². The average Bonchev–Trinajstić information content (AvgIpc) is 2.14. The fourth-order valence-corrected chi connectivity index (χ4v) is 2.91. The molecule has 0 spiro atoms. The summed E-state index contributed by atoms with van der Waals surface area (Å²) >= 11 is 0. The second-order valence-electron chi connectivity index (χ2n) is 6.22. The van der Waals surface area contributed by atoms with Gasteiger partial charge in [0, 0.05) is 6.54 Å². The van der Waals surface area contributed by atoms with Crippen LogP contribution in [0.4, 0.5) is 4.79 Å². The Labute approximate surface area is 105 Å². The molecule has 3 heteroatoms. The van der Waals surface area contributed by atoms with E-state index in [2.05, 4.69) is 33.0 Å². The quantitative estimate of drug-likeness (QED) is 0.762. The van der Waals surface area contributed by atoms with E-state index in [1.807, 2.05) is 0 Å². The second kappa shape index (κ2) is 6.27. The van der Waals surface area contributed by atoms with E-state index in [0.717, 1.165) is 32.2 Å². The van der Waals surface area contributed by atoms with Crippen LogP contribution in [0.3, 0.4) is 0 Å². The molecule has 2 atom stereocenters. The largest absolute Gasteiger partial charge is 0.446 e. The normalized spacial score (nSPS) is 27.5. The van der Waals surface area contributed by atoms with Gasteiger partial charge in [0.15, 0.2) is 0 Å². The van der Waals surface area contributed by atoms with E-state index >= 15 is 0 Å². The number of carbonyl (C=O) groups is 1. The molecule has 17 heavy (non-hydrogen) atoms. The highest BCUT2D eigenvalue weighted by Gasteiger charge is 2.33. The second-order valence-corrected chi connectivity index (χ2v) is 6.22. The van der Waals surface area contributed by atoms with Crippen molar-refractivity contribution in [2.75, 3.05) is 6.54 Å². The predicted octanol–water partition coefficient (Wildman–Crippen LogP) is 3.73. The lowest BCUT2D eigenvalue weighted by molar-refractivity contribution is 0.0188. The first-order valence-corrected chi connectivity index (χ1v) is 6.87. The Morgan fingerprint density at radius 2 is 2.12 bits per heavy atom. The van der Waals surface area contributed by atoms with Gasteiger partial charge in [-0.3, -0.25) is 0 Å². The van der Waals surface area contributed by atoms with Crippen LogP contribution < -0.4 is 5.32 Å². The van der Waals surface area contributed by atoms with Crippen molar-refractivity contribution in [1.82, 2.24) is 5.32 Å². The summed E-state index contributed by atoms with van der Waals surface area (Å²) in [6.07, 6.45) is 5.17. The smallest absolute Gasteiger partial charge is 0.407 e. The number of ether oxygens (including phenoxy) is 1. The summed E-state index contributed by atoms with van der Waals surface area (Å²) < 4.78 is 5.49. The minimum atomic E-state index is -0.242. The standard InChI is InChI=1S/C14H27NO2/c1-5-6-7-15-13(16)17-12-8-11(2)9-14(3,4)10-12/h11-12H,5-10H2,1-4H3,(H,15,16)/t11-,12-/m1/s1. The lowest BCUT2D eigenvalue weighted by Gasteiger charge is -2.38. The Bertz CT molecular complexity index is 251. The maximum atomic E-state index is 11.6. The minimum Gasteiger partial charge on any atom is -0.446 e. The summed E-state index contributed by atoms with van der Waals surface area (Å²) in [5.41, 5.74) is 0.298. The van der Waals surface area contributed by atoms with Crippen LogP contribution in [0.25, 0.3) is 0 Å². The highest BCUT2D eigenvalue weighted by molar-refractivity contribution is 5.67. The fraction of sp³-hybridized carbons (Fsp3) is 0.929. The van der Waals surface area contributed by atoms with Crippen molar-refractivity contribution in [3.8, 4) is 0 Å². The molecule has 0 saturated heterocycles. The maximum Gasteiger partial charge on any atom is 0.407 e. The number of alkyl carbamates (subject to hydrolysis) is 1. The number of amides is 1. The number of hydrogen-bond donors (Lipinski definition) is 1. The van der Waals surface area contributed by atoms with Crippen molar-refractivity contribution in [3.63, 3.8) is 0 Å². The summed E-state index contributed by atoms with van der Waals surface area (Å²) in [5, 5.41) is 2.81. The molecule has 100 valence electrons. The summed E-state index contributed by atoms with van der Waals surface area (Å²) in [5.74, 6) is 0.646. The molecule has 1 rings (SSSR count). The van der Waals surface area contributed by atoms with Crippen molar-refractivity contribution < 1.29 is 9.53 Å². The van der Waals surface area contributed by atoms with Gasteiger partial charge < -0.3 is 10.1 Å². The van der Waals surface area contributed by atoms with Crippen molar-refractivity contribution in [3.05, 3.63) is 0 Å². The van der Waals surface area contributed by atoms with Crippen LogP contribution in [0, 0.1) is 11.3 Å². The Balaban J connectivity index is 2.32. The Hall–Kier alpha value is -0.730.